The largest absolute Gasteiger partial charge is 0.360 e. The molecule has 1 aromatic heterocycles. The average molecular weight is 197 g/mol. The minimum Gasteiger partial charge on any atom is -0.360 e. The average Bonchev–Trinajstić information content (AvgIpc) is 2.68. The van der Waals surface area contributed by atoms with Gasteiger partial charge in [0.2, 0.25) is 0 Å². The van der Waals surface area contributed by atoms with Gasteiger partial charge in [0.05, 0.1) is 0 Å². The summed E-state index contributed by atoms with van der Waals surface area (Å²) in [5.74, 6) is 5.02. The molecule has 0 aliphatic carbocycles. The summed E-state index contributed by atoms with van der Waals surface area (Å²) in [7, 11) is 0. The van der Waals surface area contributed by atoms with Gasteiger partial charge in [0, 0.05) is 28.2 Å². The van der Waals surface area contributed by atoms with Gasteiger partial charge < -0.3 is 4.98 Å². The van der Waals surface area contributed by atoms with Crippen LogP contribution in [-0.2, 0) is 4.79 Å². The van der Waals surface area contributed by atoms with Crippen molar-refractivity contribution < 1.29 is 9.59 Å². The Morgan fingerprint density at radius 1 is 1.27 bits per heavy atom. The lowest BCUT2D eigenvalue weighted by Crippen LogP contribution is -1.77. The molecule has 0 saturated heterocycles. The predicted molar refractivity (Wildman–Crippen MR) is 56.6 cm³/mol. The van der Waals surface area contributed by atoms with Crippen LogP contribution >= 0.6 is 0 Å². The van der Waals surface area contributed by atoms with Gasteiger partial charge in [0.25, 0.3) is 0 Å². The summed E-state index contributed by atoms with van der Waals surface area (Å²) >= 11 is 0. The van der Waals surface area contributed by atoms with Crippen LogP contribution in [0.1, 0.15) is 15.9 Å². The molecule has 0 unspecified atom stereocenters. The molecule has 1 N–H and O–H groups in total. The van der Waals surface area contributed by atoms with Gasteiger partial charge in [-0.15, -0.1) is 0 Å². The van der Waals surface area contributed by atoms with Crippen molar-refractivity contribution in [2.45, 2.75) is 0 Å². The Morgan fingerprint density at radius 2 is 2.13 bits per heavy atom. The van der Waals surface area contributed by atoms with E-state index in [0.717, 1.165) is 22.8 Å². The first-order valence-corrected chi connectivity index (χ1v) is 4.36. The molecular weight excluding hydrogens is 190 g/mol. The summed E-state index contributed by atoms with van der Waals surface area (Å²) in [6.45, 7) is 0. The van der Waals surface area contributed by atoms with Crippen LogP contribution in [-0.4, -0.2) is 17.6 Å². The smallest absolute Gasteiger partial charge is 0.193 e. The molecule has 0 fully saturated rings. The van der Waals surface area contributed by atoms with Gasteiger partial charge in [0.15, 0.2) is 12.6 Å². The second-order valence-corrected chi connectivity index (χ2v) is 3.01. The van der Waals surface area contributed by atoms with Crippen LogP contribution in [0, 0.1) is 11.8 Å². The van der Waals surface area contributed by atoms with Crippen molar-refractivity contribution in [2.75, 3.05) is 0 Å². The molecular formula is C12H7NO2. The standard InChI is InChI=1S/C12H7NO2/c14-5-1-2-9-3-4-11-10(8-15)7-13-12(11)6-9/h3-8,13H. The van der Waals surface area contributed by atoms with Crippen molar-refractivity contribution in [1.82, 2.24) is 4.98 Å². The fraction of sp³-hybridized carbons (Fsp3) is 0. The van der Waals surface area contributed by atoms with E-state index >= 15 is 0 Å². The molecule has 0 bridgehead atoms. The number of carbonyl (C=O) groups excluding carboxylic acids is 2. The molecule has 0 amide bonds. The lowest BCUT2D eigenvalue weighted by molar-refractivity contribution is -0.103. The molecule has 0 saturated carbocycles. The number of H-pyrrole nitrogens is 1. The molecule has 0 atom stereocenters. The molecule has 0 aliphatic rings. The Labute approximate surface area is 86.1 Å². The molecule has 2 aromatic rings. The van der Waals surface area contributed by atoms with Crippen LogP contribution in [0.5, 0.6) is 0 Å². The third kappa shape index (κ3) is 1.65. The van der Waals surface area contributed by atoms with E-state index in [-0.39, 0.29) is 0 Å². The summed E-state index contributed by atoms with van der Waals surface area (Å²) in [4.78, 5) is 23.7. The van der Waals surface area contributed by atoms with Crippen molar-refractivity contribution >= 4 is 23.5 Å². The minimum atomic E-state index is 0.551. The van der Waals surface area contributed by atoms with Crippen molar-refractivity contribution in [2.24, 2.45) is 0 Å². The minimum absolute atomic E-state index is 0.551. The number of benzene rings is 1. The number of nitrogens with one attached hydrogen (secondary N) is 1. The maximum absolute atomic E-state index is 10.6. The normalized spacial score (nSPS) is 9.33. The van der Waals surface area contributed by atoms with Crippen molar-refractivity contribution in [1.29, 1.82) is 0 Å². The quantitative estimate of drug-likeness (QED) is 0.556. The number of rotatable bonds is 1. The van der Waals surface area contributed by atoms with Gasteiger partial charge in [-0.25, -0.2) is 0 Å². The monoisotopic (exact) mass is 197 g/mol. The Kier molecular flexibility index (Phi) is 2.34. The third-order valence-corrected chi connectivity index (χ3v) is 2.12. The number of carbonyl (C=O) groups is 2. The van der Waals surface area contributed by atoms with Crippen LogP contribution < -0.4 is 0 Å². The first-order chi connectivity index (χ1) is 7.35. The number of fused-ring (bicyclic) bond motifs is 1. The second-order valence-electron chi connectivity index (χ2n) is 3.01. The zero-order valence-electron chi connectivity index (χ0n) is 7.78. The van der Waals surface area contributed by atoms with E-state index in [1.165, 1.54) is 0 Å². The van der Waals surface area contributed by atoms with E-state index in [4.69, 9.17) is 0 Å². The van der Waals surface area contributed by atoms with Gasteiger partial charge in [-0.3, -0.25) is 9.59 Å². The highest BCUT2D eigenvalue weighted by Crippen LogP contribution is 2.17. The maximum Gasteiger partial charge on any atom is 0.193 e. The Hall–Kier alpha value is -2.34. The molecule has 15 heavy (non-hydrogen) atoms. The number of aldehydes is 2. The zero-order valence-corrected chi connectivity index (χ0v) is 7.78. The lowest BCUT2D eigenvalue weighted by atomic mass is 10.1. The second kappa shape index (κ2) is 3.81. The highest BCUT2D eigenvalue weighted by atomic mass is 16.1. The fourth-order valence-corrected chi connectivity index (χ4v) is 1.44. The Balaban J connectivity index is 2.57. The summed E-state index contributed by atoms with van der Waals surface area (Å²) in [6, 6.07) is 5.39. The van der Waals surface area contributed by atoms with E-state index in [1.54, 1.807) is 18.3 Å². The van der Waals surface area contributed by atoms with Crippen molar-refractivity contribution in [3.8, 4) is 11.8 Å². The molecule has 0 radical (unpaired) electrons. The highest BCUT2D eigenvalue weighted by molar-refractivity contribution is 5.97. The molecule has 0 aliphatic heterocycles. The van der Waals surface area contributed by atoms with Crippen LogP contribution in [0.2, 0.25) is 0 Å². The predicted octanol–water partition coefficient (Wildman–Crippen LogP) is 1.53. The molecule has 1 aromatic carbocycles. The molecule has 0 spiro atoms. The topological polar surface area (TPSA) is 49.9 Å². The lowest BCUT2D eigenvalue weighted by Gasteiger charge is -1.92. The number of aromatic nitrogens is 1. The summed E-state index contributed by atoms with van der Waals surface area (Å²) in [5.41, 5.74) is 2.21. The van der Waals surface area contributed by atoms with Crippen LogP contribution in [0.25, 0.3) is 10.9 Å². The van der Waals surface area contributed by atoms with E-state index in [2.05, 4.69) is 16.8 Å². The molecule has 1 heterocycles. The molecule has 3 nitrogen and oxygen atoms in total. The maximum atomic E-state index is 10.6. The number of hydrogen-bond donors (Lipinski definition) is 1. The fourth-order valence-electron chi connectivity index (χ4n) is 1.44. The summed E-state index contributed by atoms with van der Waals surface area (Å²) in [5, 5.41) is 0.863. The van der Waals surface area contributed by atoms with Crippen LogP contribution in [0.15, 0.2) is 24.4 Å². The van der Waals surface area contributed by atoms with E-state index in [9.17, 15) is 9.59 Å². The first-order valence-electron chi connectivity index (χ1n) is 4.36. The highest BCUT2D eigenvalue weighted by Gasteiger charge is 2.01. The number of aromatic amines is 1. The zero-order chi connectivity index (χ0) is 10.7. The van der Waals surface area contributed by atoms with Gasteiger partial charge in [-0.1, -0.05) is 12.0 Å². The van der Waals surface area contributed by atoms with Gasteiger partial charge >= 0.3 is 0 Å². The van der Waals surface area contributed by atoms with Crippen molar-refractivity contribution in [3.63, 3.8) is 0 Å². The molecule has 2 rings (SSSR count). The number of hydrogen-bond acceptors (Lipinski definition) is 2. The van der Waals surface area contributed by atoms with E-state index in [1.807, 2.05) is 6.07 Å². The van der Waals surface area contributed by atoms with Crippen LogP contribution in [0.3, 0.4) is 0 Å². The van der Waals surface area contributed by atoms with Gasteiger partial charge in [-0.2, -0.15) is 0 Å². The molecule has 72 valence electrons. The SMILES string of the molecule is O=CC#Cc1ccc2c(C=O)c[nH]c2c1. The summed E-state index contributed by atoms with van der Waals surface area (Å²) < 4.78 is 0. The van der Waals surface area contributed by atoms with Crippen molar-refractivity contribution in [3.05, 3.63) is 35.5 Å². The molecule has 3 heteroatoms. The Morgan fingerprint density at radius 3 is 2.87 bits per heavy atom. The van der Waals surface area contributed by atoms with E-state index < -0.39 is 0 Å². The van der Waals surface area contributed by atoms with Crippen LogP contribution in [0.4, 0.5) is 0 Å². The van der Waals surface area contributed by atoms with E-state index in [0.29, 0.717) is 11.8 Å². The first kappa shape index (κ1) is 9.22. The van der Waals surface area contributed by atoms with Gasteiger partial charge in [0.1, 0.15) is 0 Å². The Bertz CT molecular complexity index is 584. The third-order valence-electron chi connectivity index (χ3n) is 2.12. The summed E-state index contributed by atoms with van der Waals surface area (Å²) in [6.07, 6.45) is 3.00. The van der Waals surface area contributed by atoms with Gasteiger partial charge in [-0.05, 0) is 18.1 Å².